The van der Waals surface area contributed by atoms with Crippen LogP contribution in [-0.2, 0) is 16.1 Å². The molecule has 0 saturated heterocycles. The van der Waals surface area contributed by atoms with Crippen molar-refractivity contribution < 1.29 is 14.3 Å². The minimum atomic E-state index is -0.608. The summed E-state index contributed by atoms with van der Waals surface area (Å²) >= 11 is 14.7. The van der Waals surface area contributed by atoms with Crippen LogP contribution in [-0.4, -0.2) is 17.1 Å². The van der Waals surface area contributed by atoms with Gasteiger partial charge in [-0.3, -0.25) is 9.36 Å². The molecule has 6 nitrogen and oxygen atoms in total. The summed E-state index contributed by atoms with van der Waals surface area (Å²) in [4.78, 5) is 32.9. The lowest BCUT2D eigenvalue weighted by Crippen LogP contribution is -2.39. The van der Waals surface area contributed by atoms with E-state index in [0.29, 0.717) is 38.0 Å². The zero-order valence-electron chi connectivity index (χ0n) is 20.7. The molecule has 39 heavy (non-hydrogen) atoms. The molecule has 0 fully saturated rings. The van der Waals surface area contributed by atoms with Crippen LogP contribution >= 0.6 is 72.8 Å². The van der Waals surface area contributed by atoms with Gasteiger partial charge in [0.2, 0.25) is 0 Å². The number of fused-ring (bicyclic) bond motifs is 1. The van der Waals surface area contributed by atoms with Crippen molar-refractivity contribution in [1.82, 2.24) is 4.57 Å². The van der Waals surface area contributed by atoms with E-state index in [2.05, 4.69) is 43.5 Å². The highest BCUT2D eigenvalue weighted by atomic mass is 127. The summed E-state index contributed by atoms with van der Waals surface area (Å²) in [5.74, 6) is 0.187. The fourth-order valence-electron chi connectivity index (χ4n) is 4.27. The first-order valence-corrected chi connectivity index (χ1v) is 15.8. The lowest BCUT2D eigenvalue weighted by molar-refractivity contribution is -0.139. The molecule has 3 heterocycles. The van der Waals surface area contributed by atoms with Crippen LogP contribution in [0, 0.1) is 3.57 Å². The number of benzene rings is 2. The van der Waals surface area contributed by atoms with Gasteiger partial charge in [0.05, 0.1) is 26.0 Å². The molecule has 0 bridgehead atoms. The number of ether oxygens (including phenoxy) is 2. The van der Waals surface area contributed by atoms with Gasteiger partial charge in [-0.25, -0.2) is 9.79 Å². The van der Waals surface area contributed by atoms with E-state index in [-0.39, 0.29) is 12.2 Å². The topological polar surface area (TPSA) is 69.9 Å². The van der Waals surface area contributed by atoms with Crippen molar-refractivity contribution in [3.63, 3.8) is 0 Å². The predicted octanol–water partition coefficient (Wildman–Crippen LogP) is 6.46. The number of halogens is 3. The zero-order valence-corrected chi connectivity index (χ0v) is 26.9. The molecule has 2 aromatic carbocycles. The summed E-state index contributed by atoms with van der Waals surface area (Å²) < 4.78 is 15.4. The molecular formula is C28H21BrClIN2O4S2. The molecule has 11 heteroatoms. The molecule has 0 saturated carbocycles. The van der Waals surface area contributed by atoms with Crippen LogP contribution in [0.2, 0.25) is 5.02 Å². The molecule has 200 valence electrons. The lowest BCUT2D eigenvalue weighted by Gasteiger charge is -2.23. The number of carbonyl (C=O) groups excluding carboxylic acids is 1. The Morgan fingerprint density at radius 1 is 1.26 bits per heavy atom. The Kier molecular flexibility index (Phi) is 8.77. The molecule has 1 aliphatic rings. The predicted molar refractivity (Wildman–Crippen MR) is 167 cm³/mol. The van der Waals surface area contributed by atoms with E-state index in [1.54, 1.807) is 18.4 Å². The number of allylic oxidation sites excluding steroid dienone is 1. The maximum atomic E-state index is 13.9. The molecule has 4 aromatic rings. The van der Waals surface area contributed by atoms with Gasteiger partial charge in [0.25, 0.3) is 5.56 Å². The van der Waals surface area contributed by atoms with E-state index in [0.717, 1.165) is 24.0 Å². The van der Waals surface area contributed by atoms with E-state index in [1.807, 2.05) is 60.0 Å². The number of nitrogens with zero attached hydrogens (tertiary/aromatic N) is 2. The number of esters is 1. The van der Waals surface area contributed by atoms with Crippen LogP contribution < -0.4 is 19.6 Å². The van der Waals surface area contributed by atoms with Crippen LogP contribution in [0.15, 0.2) is 79.4 Å². The van der Waals surface area contributed by atoms with E-state index in [9.17, 15) is 9.59 Å². The van der Waals surface area contributed by atoms with Gasteiger partial charge in [0.15, 0.2) is 4.80 Å². The van der Waals surface area contributed by atoms with Crippen LogP contribution in [0.5, 0.6) is 5.75 Å². The number of aromatic nitrogens is 1. The quantitative estimate of drug-likeness (QED) is 0.161. The summed E-state index contributed by atoms with van der Waals surface area (Å²) in [6.45, 7) is 4.09. The molecule has 0 aliphatic carbocycles. The summed E-state index contributed by atoms with van der Waals surface area (Å²) in [6, 6.07) is 14.6. The lowest BCUT2D eigenvalue weighted by atomic mass is 10.0. The second-order valence-corrected chi connectivity index (χ2v) is 13.0. The van der Waals surface area contributed by atoms with E-state index in [4.69, 9.17) is 21.1 Å². The number of rotatable bonds is 7. The van der Waals surface area contributed by atoms with E-state index < -0.39 is 12.0 Å². The van der Waals surface area contributed by atoms with E-state index in [1.165, 1.54) is 22.7 Å². The Morgan fingerprint density at radius 2 is 2.08 bits per heavy atom. The van der Waals surface area contributed by atoms with Gasteiger partial charge in [-0.2, -0.15) is 0 Å². The van der Waals surface area contributed by atoms with Crippen LogP contribution in [0.1, 0.15) is 35.9 Å². The molecule has 1 atom stereocenters. The molecule has 0 radical (unpaired) electrons. The third kappa shape index (κ3) is 5.95. The third-order valence-corrected chi connectivity index (χ3v) is 9.33. The van der Waals surface area contributed by atoms with Crippen molar-refractivity contribution in [3.05, 3.63) is 114 Å². The second-order valence-electron chi connectivity index (χ2n) is 8.54. The highest BCUT2D eigenvalue weighted by Gasteiger charge is 2.34. The Morgan fingerprint density at radius 3 is 2.79 bits per heavy atom. The van der Waals surface area contributed by atoms with Gasteiger partial charge in [-0.1, -0.05) is 57.1 Å². The molecule has 0 amide bonds. The molecule has 0 spiro atoms. The number of thiophene rings is 1. The maximum Gasteiger partial charge on any atom is 0.338 e. The Labute approximate surface area is 259 Å². The summed E-state index contributed by atoms with van der Waals surface area (Å²) in [7, 11) is 0. The van der Waals surface area contributed by atoms with Gasteiger partial charge in [0.1, 0.15) is 18.4 Å². The highest BCUT2D eigenvalue weighted by molar-refractivity contribution is 14.1. The minimum absolute atomic E-state index is 0.233. The summed E-state index contributed by atoms with van der Waals surface area (Å²) in [5, 5.41) is 2.57. The highest BCUT2D eigenvalue weighted by Crippen LogP contribution is 2.34. The second kappa shape index (κ2) is 12.1. The van der Waals surface area contributed by atoms with Crippen molar-refractivity contribution in [2.24, 2.45) is 4.99 Å². The van der Waals surface area contributed by atoms with Crippen LogP contribution in [0.4, 0.5) is 0 Å². The van der Waals surface area contributed by atoms with Crippen molar-refractivity contribution in [2.75, 3.05) is 6.61 Å². The molecule has 0 unspecified atom stereocenters. The van der Waals surface area contributed by atoms with E-state index >= 15 is 0 Å². The summed E-state index contributed by atoms with van der Waals surface area (Å²) in [6.07, 6.45) is 1.82. The monoisotopic (exact) mass is 754 g/mol. The molecule has 0 N–H and O–H groups in total. The van der Waals surface area contributed by atoms with Gasteiger partial charge in [-0.15, -0.1) is 11.3 Å². The van der Waals surface area contributed by atoms with Gasteiger partial charge < -0.3 is 9.47 Å². The largest absolute Gasteiger partial charge is 0.487 e. The fraction of sp³-hybridized carbons (Fsp3) is 0.179. The Bertz CT molecular complexity index is 1780. The molecular weight excluding hydrogens is 735 g/mol. The standard InChI is InChI=1S/C28H21BrClIN2O4S2/c1-3-36-27(35)23-15(2)32-28-33(24(23)21-8-5-9-38-21)26(34)22(39-28)12-17-11-18(29)13-20(31)25(17)37-14-16-6-4-7-19(30)10-16/h4-13,24H,3,14H2,1-2H3/b22-12-/t24-/m1/s1. The van der Waals surface area contributed by atoms with Gasteiger partial charge in [-0.05, 0) is 83.8 Å². The van der Waals surface area contributed by atoms with Crippen molar-refractivity contribution in [3.8, 4) is 5.75 Å². The van der Waals surface area contributed by atoms with Crippen molar-refractivity contribution in [1.29, 1.82) is 0 Å². The smallest absolute Gasteiger partial charge is 0.338 e. The molecule has 1 aliphatic heterocycles. The molecule has 2 aromatic heterocycles. The Balaban J connectivity index is 1.63. The normalized spacial score (nSPS) is 15.2. The number of carbonyl (C=O) groups is 1. The number of thiazole rings is 1. The van der Waals surface area contributed by atoms with Crippen LogP contribution in [0.3, 0.4) is 0 Å². The van der Waals surface area contributed by atoms with Gasteiger partial charge in [0, 0.05) is 19.9 Å². The number of hydrogen-bond acceptors (Lipinski definition) is 7. The van der Waals surface area contributed by atoms with Crippen molar-refractivity contribution in [2.45, 2.75) is 26.5 Å². The van der Waals surface area contributed by atoms with Crippen molar-refractivity contribution >= 4 is 84.8 Å². The SMILES string of the molecule is CCOC(=O)C1=C(C)N=c2s/c(=C\c3cc(Br)cc(I)c3OCc3cccc(Cl)c3)c(=O)n2[C@@H]1c1cccs1. The first-order valence-electron chi connectivity index (χ1n) is 11.9. The average molecular weight is 756 g/mol. The first kappa shape index (κ1) is 28.3. The first-order chi connectivity index (χ1) is 18.8. The number of hydrogen-bond donors (Lipinski definition) is 0. The average Bonchev–Trinajstić information content (AvgIpc) is 3.51. The van der Waals surface area contributed by atoms with Crippen LogP contribution in [0.25, 0.3) is 6.08 Å². The fourth-order valence-corrected chi connectivity index (χ4v) is 8.05. The summed E-state index contributed by atoms with van der Waals surface area (Å²) in [5.41, 5.74) is 2.37. The van der Waals surface area contributed by atoms with Gasteiger partial charge >= 0.3 is 5.97 Å². The maximum absolute atomic E-state index is 13.9. The minimum Gasteiger partial charge on any atom is -0.487 e. The third-order valence-electron chi connectivity index (χ3n) is 5.93. The molecule has 5 rings (SSSR count). The Hall–Kier alpha value is -2.25. The zero-order chi connectivity index (χ0) is 27.7.